The molecule has 17 heteroatoms. The third-order valence-corrected chi connectivity index (χ3v) is 9.19. The van der Waals surface area contributed by atoms with Gasteiger partial charge < -0.3 is 32.9 Å². The zero-order valence-electron chi connectivity index (χ0n) is 26.4. The highest BCUT2D eigenvalue weighted by Gasteiger charge is 2.55. The minimum absolute atomic E-state index is 0.00679. The van der Waals surface area contributed by atoms with Gasteiger partial charge in [0.15, 0.2) is 40.7 Å². The highest BCUT2D eigenvalue weighted by molar-refractivity contribution is 5.93. The highest BCUT2D eigenvalue weighted by Crippen LogP contribution is 2.59. The van der Waals surface area contributed by atoms with Crippen molar-refractivity contribution >= 4 is 35.0 Å². The van der Waals surface area contributed by atoms with Crippen LogP contribution in [0.5, 0.6) is 0 Å². The molecule has 0 unspecified atom stereocenters. The Morgan fingerprint density at radius 2 is 2.00 bits per heavy atom. The average Bonchev–Trinajstić information content (AvgIpc) is 3.64. The van der Waals surface area contributed by atoms with Gasteiger partial charge in [-0.05, 0) is 51.9 Å². The third-order valence-electron chi connectivity index (χ3n) is 9.19. The Labute approximate surface area is 272 Å². The molecule has 1 spiro atoms. The minimum atomic E-state index is -1.66. The van der Waals surface area contributed by atoms with Crippen molar-refractivity contribution in [2.75, 3.05) is 11.9 Å². The first kappa shape index (κ1) is 33.1. The lowest BCUT2D eigenvalue weighted by atomic mass is 9.52. The summed E-state index contributed by atoms with van der Waals surface area (Å²) < 4.78 is 47.8. The van der Waals surface area contributed by atoms with E-state index < -0.39 is 66.5 Å². The molecule has 6 rings (SSSR count). The van der Waals surface area contributed by atoms with Crippen molar-refractivity contribution in [3.05, 3.63) is 34.5 Å². The summed E-state index contributed by atoms with van der Waals surface area (Å²) in [5, 5.41) is 12.5. The van der Waals surface area contributed by atoms with E-state index in [9.17, 15) is 28.7 Å². The fraction of sp³-hybridized carbons (Fsp3) is 0.581. The Hall–Kier alpha value is -4.82. The molecule has 3 fully saturated rings. The van der Waals surface area contributed by atoms with Gasteiger partial charge in [0, 0.05) is 6.42 Å². The quantitative estimate of drug-likeness (QED) is 0.138. The number of esters is 2. The van der Waals surface area contributed by atoms with Gasteiger partial charge in [-0.3, -0.25) is 19.5 Å². The van der Waals surface area contributed by atoms with E-state index in [0.717, 1.165) is 32.1 Å². The van der Waals surface area contributed by atoms with Crippen molar-refractivity contribution < 1.29 is 51.7 Å². The number of aryl methyl sites for hydroxylation is 1. The molecule has 0 aromatic carbocycles. The molecule has 0 bridgehead atoms. The number of halogens is 1. The molecule has 3 atom stereocenters. The Morgan fingerprint density at radius 3 is 2.62 bits per heavy atom. The van der Waals surface area contributed by atoms with E-state index in [-0.39, 0.29) is 52.9 Å². The van der Waals surface area contributed by atoms with E-state index in [1.165, 1.54) is 31.7 Å². The molecule has 1 aliphatic heterocycles. The number of imidazole rings is 1. The summed E-state index contributed by atoms with van der Waals surface area (Å²) in [5.74, 6) is -0.0735. The number of ether oxygens (including phenoxy) is 4. The third kappa shape index (κ3) is 6.37. The summed E-state index contributed by atoms with van der Waals surface area (Å²) in [4.78, 5) is 61.0. The number of anilines is 1. The maximum absolute atomic E-state index is 14.7. The molecule has 256 valence electrons. The second-order valence-electron chi connectivity index (χ2n) is 13.1. The van der Waals surface area contributed by atoms with Crippen LogP contribution in [0.2, 0.25) is 0 Å². The first-order valence-electron chi connectivity index (χ1n) is 15.4. The van der Waals surface area contributed by atoms with Crippen LogP contribution in [0.25, 0.3) is 11.2 Å². The largest absolute Gasteiger partial charge is 0.519 e. The van der Waals surface area contributed by atoms with Gasteiger partial charge in [0.1, 0.15) is 17.9 Å². The molecule has 0 radical (unpaired) electrons. The molecule has 2 aliphatic carbocycles. The lowest BCUT2D eigenvalue weighted by molar-refractivity contribution is -0.174. The number of carbonyl (C=O) groups is 3. The van der Waals surface area contributed by atoms with Crippen LogP contribution in [0.1, 0.15) is 76.5 Å². The SMILES string of the molecule is C#C[C@]1(CO)O[C@@H](n2cnc3c(NC(=O)OC(C)(C)CC(=O)OCc4oc(=O)oc4C)nc(F)nc32)C[C@@H]1OC(=O)C1CC2(CCC2)C1. The maximum atomic E-state index is 14.7. The number of nitrogens with one attached hydrogen (secondary N) is 1. The van der Waals surface area contributed by atoms with Crippen LogP contribution >= 0.6 is 0 Å². The number of hydrogen-bond acceptors (Lipinski definition) is 14. The molecule has 3 aromatic heterocycles. The smallest absolute Gasteiger partial charge is 0.458 e. The molecule has 3 aliphatic rings. The Morgan fingerprint density at radius 1 is 1.25 bits per heavy atom. The standard InChI is InChI=1S/C31H34FN5O11/c1-5-31(14-38)19(46-25(40)17-10-30(11-17)7-6-8-30)9-20(47-31)37-15-33-22-23(34-26(32)36-24(22)37)35-27(41)48-29(3,4)12-21(39)43-13-18-16(2)44-28(42)45-18/h1,15,17,19-20,38H,6-14H2,2-4H3,(H,34,35,36,41)/t19-,20+,31+/m0/s1. The molecule has 16 nitrogen and oxygen atoms in total. The lowest BCUT2D eigenvalue weighted by Gasteiger charge is -2.53. The van der Waals surface area contributed by atoms with E-state index in [4.69, 9.17) is 34.2 Å². The number of aliphatic hydroxyl groups is 1. The number of hydrogen-bond donors (Lipinski definition) is 2. The monoisotopic (exact) mass is 671 g/mol. The summed E-state index contributed by atoms with van der Waals surface area (Å²) >= 11 is 0. The van der Waals surface area contributed by atoms with Gasteiger partial charge in [-0.1, -0.05) is 12.3 Å². The van der Waals surface area contributed by atoms with Crippen LogP contribution in [0, 0.1) is 36.7 Å². The number of nitrogens with zero attached hydrogens (tertiary/aromatic N) is 4. The number of aromatic nitrogens is 4. The second kappa shape index (κ2) is 12.3. The number of rotatable bonds is 10. The zero-order chi connectivity index (χ0) is 34.4. The van der Waals surface area contributed by atoms with E-state index >= 15 is 0 Å². The molecular formula is C31H34FN5O11. The Balaban J connectivity index is 1.11. The number of aliphatic hydroxyl groups excluding tert-OH is 1. The topological polar surface area (TPSA) is 207 Å². The zero-order valence-corrected chi connectivity index (χ0v) is 26.4. The van der Waals surface area contributed by atoms with Crippen LogP contribution in [0.3, 0.4) is 0 Å². The highest BCUT2D eigenvalue weighted by atomic mass is 19.1. The van der Waals surface area contributed by atoms with Gasteiger partial charge in [0.05, 0.1) is 25.3 Å². The average molecular weight is 672 g/mol. The van der Waals surface area contributed by atoms with Crippen LogP contribution in [0.4, 0.5) is 15.0 Å². The summed E-state index contributed by atoms with van der Waals surface area (Å²) in [6.07, 6.45) is 7.26. The van der Waals surface area contributed by atoms with Gasteiger partial charge in [-0.25, -0.2) is 14.6 Å². The normalized spacial score (nSPS) is 23.2. The molecule has 48 heavy (non-hydrogen) atoms. The van der Waals surface area contributed by atoms with Crippen molar-refractivity contribution in [3.8, 4) is 12.3 Å². The molecule has 1 saturated heterocycles. The number of carbonyl (C=O) groups excluding carboxylic acids is 3. The molecular weight excluding hydrogens is 637 g/mol. The van der Waals surface area contributed by atoms with Crippen molar-refractivity contribution in [3.63, 3.8) is 0 Å². The summed E-state index contributed by atoms with van der Waals surface area (Å²) in [5.41, 5.74) is -2.94. The van der Waals surface area contributed by atoms with Crippen LogP contribution in [-0.2, 0) is 35.1 Å². The van der Waals surface area contributed by atoms with Crippen LogP contribution < -0.4 is 11.1 Å². The molecule has 3 aromatic rings. The van der Waals surface area contributed by atoms with Crippen LogP contribution in [-0.4, -0.2) is 66.6 Å². The van der Waals surface area contributed by atoms with Gasteiger partial charge in [0.25, 0.3) is 0 Å². The summed E-state index contributed by atoms with van der Waals surface area (Å²) in [6.45, 7) is 3.34. The van der Waals surface area contributed by atoms with Crippen molar-refractivity contribution in [2.45, 2.75) is 95.9 Å². The maximum Gasteiger partial charge on any atom is 0.519 e. The fourth-order valence-corrected chi connectivity index (χ4v) is 6.49. The molecule has 1 amide bonds. The fourth-order valence-electron chi connectivity index (χ4n) is 6.49. The summed E-state index contributed by atoms with van der Waals surface area (Å²) in [7, 11) is 0. The lowest BCUT2D eigenvalue weighted by Crippen LogP contribution is -2.49. The van der Waals surface area contributed by atoms with Gasteiger partial charge >= 0.3 is 29.9 Å². The Bertz CT molecular complexity index is 1850. The molecule has 2 saturated carbocycles. The van der Waals surface area contributed by atoms with Gasteiger partial charge in [0.2, 0.25) is 0 Å². The minimum Gasteiger partial charge on any atom is -0.458 e. The van der Waals surface area contributed by atoms with Crippen molar-refractivity contribution in [2.24, 2.45) is 11.3 Å². The number of fused-ring (bicyclic) bond motifs is 1. The molecule has 4 heterocycles. The van der Waals surface area contributed by atoms with Gasteiger partial charge in [-0.2, -0.15) is 14.4 Å². The predicted molar refractivity (Wildman–Crippen MR) is 158 cm³/mol. The first-order valence-corrected chi connectivity index (χ1v) is 15.4. The predicted octanol–water partition coefficient (Wildman–Crippen LogP) is 3.06. The first-order chi connectivity index (χ1) is 22.7. The van der Waals surface area contributed by atoms with Gasteiger partial charge in [-0.15, -0.1) is 6.42 Å². The van der Waals surface area contributed by atoms with Crippen molar-refractivity contribution in [1.29, 1.82) is 0 Å². The van der Waals surface area contributed by atoms with E-state index in [2.05, 4.69) is 26.2 Å². The summed E-state index contributed by atoms with van der Waals surface area (Å²) in [6, 6.07) is 0. The van der Waals surface area contributed by atoms with E-state index in [1.807, 2.05) is 0 Å². The second-order valence-corrected chi connectivity index (χ2v) is 13.1. The molecule has 2 N–H and O–H groups in total. The Kier molecular flexibility index (Phi) is 8.50. The number of terminal acetylenes is 1. The number of amides is 1. The van der Waals surface area contributed by atoms with Crippen molar-refractivity contribution in [1.82, 2.24) is 19.5 Å². The van der Waals surface area contributed by atoms with Crippen LogP contribution in [0.15, 0.2) is 20.0 Å². The van der Waals surface area contributed by atoms with E-state index in [1.54, 1.807) is 0 Å². The van der Waals surface area contributed by atoms with E-state index in [0.29, 0.717) is 0 Å².